The van der Waals surface area contributed by atoms with Crippen LogP contribution in [-0.4, -0.2) is 73.2 Å². The van der Waals surface area contributed by atoms with Crippen LogP contribution < -0.4 is 14.8 Å². The lowest BCUT2D eigenvalue weighted by Gasteiger charge is -2.44. The first-order chi connectivity index (χ1) is 22.4. The monoisotopic (exact) mass is 643 g/mol. The number of para-hydroxylation sites is 1. The van der Waals surface area contributed by atoms with Gasteiger partial charge in [0.05, 0.1) is 33.0 Å². The van der Waals surface area contributed by atoms with Crippen LogP contribution in [0, 0.1) is 0 Å². The molecule has 242 valence electrons. The first kappa shape index (κ1) is 32.1. The molecule has 3 aromatic carbocycles. The van der Waals surface area contributed by atoms with Crippen molar-refractivity contribution in [2.24, 2.45) is 0 Å². The van der Waals surface area contributed by atoms with E-state index in [9.17, 15) is 9.59 Å². The molecule has 2 fully saturated rings. The third-order valence-electron chi connectivity index (χ3n) is 8.98. The number of ether oxygens (including phenoxy) is 3. The van der Waals surface area contributed by atoms with E-state index in [2.05, 4.69) is 17.4 Å². The van der Waals surface area contributed by atoms with Crippen molar-refractivity contribution in [2.75, 3.05) is 33.4 Å². The van der Waals surface area contributed by atoms with Crippen molar-refractivity contribution in [1.82, 2.24) is 15.1 Å². The number of hydrogen-bond donors (Lipinski definition) is 1. The van der Waals surface area contributed by atoms with Gasteiger partial charge in [0.1, 0.15) is 11.5 Å². The van der Waals surface area contributed by atoms with E-state index < -0.39 is 0 Å². The Kier molecular flexibility index (Phi) is 10.3. The Balaban J connectivity index is 1.16. The lowest BCUT2D eigenvalue weighted by atomic mass is 9.82. The molecule has 3 aromatic rings. The minimum Gasteiger partial charge on any atom is -0.496 e. The van der Waals surface area contributed by atoms with E-state index in [-0.39, 0.29) is 29.9 Å². The van der Waals surface area contributed by atoms with Crippen LogP contribution in [0.15, 0.2) is 78.4 Å². The van der Waals surface area contributed by atoms with Crippen molar-refractivity contribution >= 4 is 29.0 Å². The molecule has 2 atom stereocenters. The molecule has 1 saturated heterocycles. The summed E-state index contributed by atoms with van der Waals surface area (Å²) in [6.45, 7) is 4.77. The van der Waals surface area contributed by atoms with Crippen LogP contribution in [0.25, 0.3) is 5.57 Å². The number of carbonyl (C=O) groups is 2. The van der Waals surface area contributed by atoms with Crippen molar-refractivity contribution < 1.29 is 23.8 Å². The number of nitrogens with zero attached hydrogens (tertiary/aromatic N) is 2. The fourth-order valence-electron chi connectivity index (χ4n) is 6.45. The van der Waals surface area contributed by atoms with Gasteiger partial charge in [-0.15, -0.1) is 0 Å². The van der Waals surface area contributed by atoms with Crippen LogP contribution in [0.4, 0.5) is 0 Å². The van der Waals surface area contributed by atoms with Gasteiger partial charge < -0.3 is 29.3 Å². The fraction of sp³-hybridized carbons (Fsp3) is 0.405. The first-order valence-corrected chi connectivity index (χ1v) is 16.5. The largest absolute Gasteiger partial charge is 0.496 e. The van der Waals surface area contributed by atoms with E-state index in [0.29, 0.717) is 50.9 Å². The average Bonchev–Trinajstić information content (AvgIpc) is 3.91. The predicted molar refractivity (Wildman–Crippen MR) is 179 cm³/mol. The summed E-state index contributed by atoms with van der Waals surface area (Å²) in [5.41, 5.74) is 4.77. The summed E-state index contributed by atoms with van der Waals surface area (Å²) in [6.07, 6.45) is 3.38. The molecule has 46 heavy (non-hydrogen) atoms. The summed E-state index contributed by atoms with van der Waals surface area (Å²) in [7, 11) is 1.66. The van der Waals surface area contributed by atoms with E-state index in [1.807, 2.05) is 70.5 Å². The molecule has 2 amide bonds. The maximum Gasteiger partial charge on any atom is 0.252 e. The molecule has 2 heterocycles. The smallest absolute Gasteiger partial charge is 0.252 e. The molecule has 0 aromatic heterocycles. The van der Waals surface area contributed by atoms with Crippen molar-refractivity contribution in [1.29, 1.82) is 0 Å². The average molecular weight is 644 g/mol. The highest BCUT2D eigenvalue weighted by Gasteiger charge is 2.43. The molecule has 0 radical (unpaired) electrons. The third kappa shape index (κ3) is 7.57. The number of amides is 2. The van der Waals surface area contributed by atoms with E-state index in [4.69, 9.17) is 25.8 Å². The highest BCUT2D eigenvalue weighted by Crippen LogP contribution is 2.38. The molecular weight excluding hydrogens is 602 g/mol. The minimum absolute atomic E-state index is 0.0206. The van der Waals surface area contributed by atoms with Gasteiger partial charge in [-0.25, -0.2) is 0 Å². The second kappa shape index (κ2) is 14.7. The summed E-state index contributed by atoms with van der Waals surface area (Å²) in [6, 6.07) is 23.7. The van der Waals surface area contributed by atoms with Gasteiger partial charge in [0.25, 0.3) is 5.91 Å². The summed E-state index contributed by atoms with van der Waals surface area (Å²) in [4.78, 5) is 30.8. The highest BCUT2D eigenvalue weighted by atomic mass is 35.5. The number of rotatable bonds is 13. The van der Waals surface area contributed by atoms with Crippen molar-refractivity contribution in [3.63, 3.8) is 0 Å². The molecule has 2 bridgehead atoms. The van der Waals surface area contributed by atoms with Crippen molar-refractivity contribution in [2.45, 2.75) is 63.9 Å². The lowest BCUT2D eigenvalue weighted by Crippen LogP contribution is -2.61. The molecule has 9 heteroatoms. The van der Waals surface area contributed by atoms with Crippen LogP contribution >= 0.6 is 11.6 Å². The first-order valence-electron chi connectivity index (χ1n) is 16.1. The van der Waals surface area contributed by atoms with Gasteiger partial charge in [0.15, 0.2) is 0 Å². The summed E-state index contributed by atoms with van der Waals surface area (Å²) in [5, 5.41) is 4.32. The summed E-state index contributed by atoms with van der Waals surface area (Å²) < 4.78 is 17.3. The molecule has 0 spiro atoms. The molecule has 8 nitrogen and oxygen atoms in total. The Bertz CT molecular complexity index is 1570. The molecule has 2 aliphatic heterocycles. The van der Waals surface area contributed by atoms with Gasteiger partial charge in [-0.1, -0.05) is 60.1 Å². The second-order valence-electron chi connectivity index (χ2n) is 12.3. The van der Waals surface area contributed by atoms with Gasteiger partial charge in [-0.2, -0.15) is 0 Å². The lowest BCUT2D eigenvalue weighted by molar-refractivity contribution is -0.132. The molecule has 6 rings (SSSR count). The Morgan fingerprint density at radius 3 is 2.41 bits per heavy atom. The molecule has 1 N–H and O–H groups in total. The molecular formula is C37H42ClN3O5. The Morgan fingerprint density at radius 1 is 0.957 bits per heavy atom. The van der Waals surface area contributed by atoms with Crippen molar-refractivity contribution in [3.05, 3.63) is 100 Å². The van der Waals surface area contributed by atoms with E-state index in [1.165, 1.54) is 0 Å². The van der Waals surface area contributed by atoms with Gasteiger partial charge in [-0.3, -0.25) is 9.59 Å². The number of hydrogen-bond acceptors (Lipinski definition) is 6. The van der Waals surface area contributed by atoms with Crippen LogP contribution in [0.3, 0.4) is 0 Å². The summed E-state index contributed by atoms with van der Waals surface area (Å²) >= 11 is 6.53. The Morgan fingerprint density at radius 2 is 1.70 bits per heavy atom. The highest BCUT2D eigenvalue weighted by molar-refractivity contribution is 6.31. The zero-order valence-electron chi connectivity index (χ0n) is 26.5. The minimum atomic E-state index is -0.238. The topological polar surface area (TPSA) is 80.3 Å². The number of fused-ring (bicyclic) bond motifs is 2. The van der Waals surface area contributed by atoms with Crippen LogP contribution in [0.5, 0.6) is 11.5 Å². The molecule has 3 aliphatic rings. The van der Waals surface area contributed by atoms with Crippen LogP contribution in [-0.2, 0) is 27.5 Å². The van der Waals surface area contributed by atoms with Gasteiger partial charge in [0.2, 0.25) is 5.91 Å². The van der Waals surface area contributed by atoms with E-state index in [0.717, 1.165) is 58.6 Å². The zero-order valence-corrected chi connectivity index (χ0v) is 27.3. The predicted octanol–water partition coefficient (Wildman–Crippen LogP) is 5.87. The quantitative estimate of drug-likeness (QED) is 0.235. The fourth-order valence-corrected chi connectivity index (χ4v) is 6.65. The number of benzene rings is 3. The van der Waals surface area contributed by atoms with Gasteiger partial charge in [-0.05, 0) is 60.2 Å². The second-order valence-corrected chi connectivity index (χ2v) is 12.7. The molecule has 1 aliphatic carbocycles. The van der Waals surface area contributed by atoms with Gasteiger partial charge >= 0.3 is 0 Å². The number of halogens is 1. The number of nitrogens with one attached hydrogen (secondary N) is 1. The summed E-state index contributed by atoms with van der Waals surface area (Å²) in [5.74, 6) is 1.66. The number of piperazine rings is 1. The standard InChI is InChI=1S/C37H42ClN3O5/c1-25(42)40-22-29-20-32(26-12-16-31(17-13-26)46-19-7-18-45-24-28-9-4-6-11-35(28)44-2)36(34(23-40)39-29)37(43)41(30-14-15-30)21-27-8-3-5-10-33(27)38/h3-6,8-13,16-17,29-30,34,39H,7,14-15,18-24H2,1-2H3/t29-,34-/m1/s1. The number of methoxy groups -OCH3 is 1. The van der Waals surface area contributed by atoms with Crippen LogP contribution in [0.1, 0.15) is 49.3 Å². The SMILES string of the molecule is COc1ccccc1COCCCOc1ccc(C2=C(C(=O)N(Cc3ccccc3Cl)C3CC3)[C@H]3CN(C(C)=O)C[C@@H](C2)N3)cc1. The van der Waals surface area contributed by atoms with E-state index in [1.54, 1.807) is 14.0 Å². The maximum atomic E-state index is 14.5. The zero-order chi connectivity index (χ0) is 32.0. The van der Waals surface area contributed by atoms with Crippen molar-refractivity contribution in [3.8, 4) is 11.5 Å². The maximum absolute atomic E-state index is 14.5. The normalized spacial score (nSPS) is 19.2. The van der Waals surface area contributed by atoms with Gasteiger partial charge in [0, 0.05) is 61.2 Å². The Labute approximate surface area is 276 Å². The molecule has 0 unspecified atom stereocenters. The van der Waals surface area contributed by atoms with Crippen LogP contribution in [0.2, 0.25) is 5.02 Å². The molecule has 1 saturated carbocycles. The van der Waals surface area contributed by atoms with E-state index >= 15 is 0 Å². The third-order valence-corrected chi connectivity index (χ3v) is 9.35. The Hall–Kier alpha value is -3.85. The number of carbonyl (C=O) groups excluding carboxylic acids is 2.